The maximum absolute atomic E-state index is 11.5. The molecule has 0 atom stereocenters. The van der Waals surface area contributed by atoms with Gasteiger partial charge in [0.15, 0.2) is 11.5 Å². The molecule has 5 heteroatoms. The molecule has 1 aromatic carbocycles. The molecule has 1 aromatic heterocycles. The average Bonchev–Trinajstić information content (AvgIpc) is 3.01. The third kappa shape index (κ3) is 3.89. The molecule has 1 heterocycles. The summed E-state index contributed by atoms with van der Waals surface area (Å²) in [6.45, 7) is 4.87. The lowest BCUT2D eigenvalue weighted by molar-refractivity contribution is -0.130. The molecule has 0 saturated heterocycles. The quantitative estimate of drug-likeness (QED) is 0.778. The van der Waals surface area contributed by atoms with Crippen LogP contribution < -0.4 is 9.47 Å². The smallest absolute Gasteiger partial charge is 0.337 e. The Kier molecular flexibility index (Phi) is 5.61. The molecule has 0 amide bonds. The van der Waals surface area contributed by atoms with Crippen LogP contribution in [0.3, 0.4) is 0 Å². The number of benzene rings is 1. The summed E-state index contributed by atoms with van der Waals surface area (Å²) in [5, 5.41) is 11.3. The number of carboxylic acid groups (broad SMARTS) is 1. The monoisotopic (exact) mass is 318 g/mol. The molecule has 2 rings (SSSR count). The minimum atomic E-state index is -0.950. The molecule has 0 aliphatic heterocycles. The molecule has 0 aliphatic carbocycles. The van der Waals surface area contributed by atoms with Crippen LogP contribution in [0, 0.1) is 0 Å². The fraction of sp³-hybridized carbons (Fsp3) is 0.235. The molecule has 0 unspecified atom stereocenters. The van der Waals surface area contributed by atoms with Crippen LogP contribution >= 0.6 is 11.3 Å². The van der Waals surface area contributed by atoms with E-state index in [0.717, 1.165) is 10.4 Å². The normalized spacial score (nSPS) is 11.3. The Hall–Kier alpha value is -2.27. The predicted octanol–water partition coefficient (Wildman–Crippen LogP) is 4.17. The van der Waals surface area contributed by atoms with Gasteiger partial charge < -0.3 is 14.6 Å². The minimum Gasteiger partial charge on any atom is -0.490 e. The maximum Gasteiger partial charge on any atom is 0.337 e. The van der Waals surface area contributed by atoms with E-state index in [1.165, 1.54) is 11.3 Å². The zero-order chi connectivity index (χ0) is 15.9. The van der Waals surface area contributed by atoms with Crippen LogP contribution in [-0.4, -0.2) is 24.3 Å². The van der Waals surface area contributed by atoms with Crippen molar-refractivity contribution in [3.63, 3.8) is 0 Å². The fourth-order valence-electron chi connectivity index (χ4n) is 1.99. The van der Waals surface area contributed by atoms with Gasteiger partial charge in [-0.25, -0.2) is 4.79 Å². The van der Waals surface area contributed by atoms with E-state index in [1.807, 2.05) is 31.4 Å². The van der Waals surface area contributed by atoms with Gasteiger partial charge in [0.25, 0.3) is 0 Å². The second kappa shape index (κ2) is 7.66. The van der Waals surface area contributed by atoms with E-state index in [4.69, 9.17) is 9.47 Å². The number of ether oxygens (including phenoxy) is 2. The van der Waals surface area contributed by atoms with Crippen molar-refractivity contribution < 1.29 is 19.4 Å². The van der Waals surface area contributed by atoms with E-state index in [-0.39, 0.29) is 5.57 Å². The topological polar surface area (TPSA) is 55.8 Å². The SMILES string of the molecule is CCOc1ccc(/C=C(\C(=O)O)c2cccs2)cc1OCC. The Morgan fingerprint density at radius 3 is 2.50 bits per heavy atom. The van der Waals surface area contributed by atoms with Gasteiger partial charge in [0.1, 0.15) is 0 Å². The molecular formula is C17H18O4S. The first-order valence-corrected chi connectivity index (χ1v) is 7.92. The number of aliphatic carboxylic acids is 1. The Morgan fingerprint density at radius 2 is 1.91 bits per heavy atom. The van der Waals surface area contributed by atoms with Crippen LogP contribution in [0.5, 0.6) is 11.5 Å². The van der Waals surface area contributed by atoms with Crippen LogP contribution in [0.2, 0.25) is 0 Å². The second-order valence-corrected chi connectivity index (χ2v) is 5.36. The Bertz CT molecular complexity index is 659. The van der Waals surface area contributed by atoms with Gasteiger partial charge in [-0.1, -0.05) is 12.1 Å². The number of hydrogen-bond acceptors (Lipinski definition) is 4. The van der Waals surface area contributed by atoms with Crippen LogP contribution in [0.1, 0.15) is 24.3 Å². The highest BCUT2D eigenvalue weighted by Crippen LogP contribution is 2.31. The summed E-state index contributed by atoms with van der Waals surface area (Å²) in [6.07, 6.45) is 1.65. The molecule has 0 fully saturated rings. The highest BCUT2D eigenvalue weighted by molar-refractivity contribution is 7.11. The van der Waals surface area contributed by atoms with Gasteiger partial charge in [-0.15, -0.1) is 11.3 Å². The molecule has 0 aliphatic rings. The Morgan fingerprint density at radius 1 is 1.18 bits per heavy atom. The Balaban J connectivity index is 2.40. The van der Waals surface area contributed by atoms with Crippen LogP contribution in [0.4, 0.5) is 0 Å². The number of thiophene rings is 1. The number of rotatable bonds is 7. The van der Waals surface area contributed by atoms with E-state index in [2.05, 4.69) is 0 Å². The van der Waals surface area contributed by atoms with Crippen molar-refractivity contribution in [2.45, 2.75) is 13.8 Å². The lowest BCUT2D eigenvalue weighted by atomic mass is 10.1. The van der Waals surface area contributed by atoms with Crippen LogP contribution in [0.25, 0.3) is 11.6 Å². The predicted molar refractivity (Wildman–Crippen MR) is 88.6 cm³/mol. The second-order valence-electron chi connectivity index (χ2n) is 4.41. The molecule has 2 aromatic rings. The first-order chi connectivity index (χ1) is 10.7. The number of carbonyl (C=O) groups is 1. The third-order valence-corrected chi connectivity index (χ3v) is 3.80. The van der Waals surface area contributed by atoms with Gasteiger partial charge in [0.05, 0.1) is 18.8 Å². The van der Waals surface area contributed by atoms with Gasteiger partial charge in [0.2, 0.25) is 0 Å². The number of carboxylic acids is 1. The third-order valence-electron chi connectivity index (χ3n) is 2.90. The van der Waals surface area contributed by atoms with Gasteiger partial charge in [0, 0.05) is 4.88 Å². The highest BCUT2D eigenvalue weighted by atomic mass is 32.1. The summed E-state index contributed by atoms with van der Waals surface area (Å²) in [5.41, 5.74) is 1.03. The summed E-state index contributed by atoms with van der Waals surface area (Å²) in [7, 11) is 0. The van der Waals surface area contributed by atoms with Crippen molar-refractivity contribution >= 4 is 29.0 Å². The van der Waals surface area contributed by atoms with Gasteiger partial charge in [-0.2, -0.15) is 0 Å². The van der Waals surface area contributed by atoms with E-state index < -0.39 is 5.97 Å². The molecule has 1 N–H and O–H groups in total. The van der Waals surface area contributed by atoms with Crippen molar-refractivity contribution in [3.8, 4) is 11.5 Å². The zero-order valence-corrected chi connectivity index (χ0v) is 13.4. The average molecular weight is 318 g/mol. The summed E-state index contributed by atoms with van der Waals surface area (Å²) in [4.78, 5) is 12.2. The van der Waals surface area contributed by atoms with Crippen molar-refractivity contribution in [2.24, 2.45) is 0 Å². The van der Waals surface area contributed by atoms with E-state index >= 15 is 0 Å². The molecule has 22 heavy (non-hydrogen) atoms. The van der Waals surface area contributed by atoms with Crippen molar-refractivity contribution in [1.29, 1.82) is 0 Å². The highest BCUT2D eigenvalue weighted by Gasteiger charge is 2.12. The van der Waals surface area contributed by atoms with E-state index in [9.17, 15) is 9.90 Å². The first-order valence-electron chi connectivity index (χ1n) is 7.04. The zero-order valence-electron chi connectivity index (χ0n) is 12.5. The molecule has 116 valence electrons. The van der Waals surface area contributed by atoms with E-state index in [0.29, 0.717) is 24.7 Å². The minimum absolute atomic E-state index is 0.265. The first kappa shape index (κ1) is 16.1. The molecule has 0 bridgehead atoms. The van der Waals surface area contributed by atoms with Crippen molar-refractivity contribution in [1.82, 2.24) is 0 Å². The van der Waals surface area contributed by atoms with Gasteiger partial charge in [-0.3, -0.25) is 0 Å². The van der Waals surface area contributed by atoms with E-state index in [1.54, 1.807) is 24.3 Å². The summed E-state index contributed by atoms with van der Waals surface area (Å²) in [6, 6.07) is 9.05. The molecule has 0 radical (unpaired) electrons. The van der Waals surface area contributed by atoms with Crippen LogP contribution in [0.15, 0.2) is 35.7 Å². The number of hydrogen-bond donors (Lipinski definition) is 1. The van der Waals surface area contributed by atoms with Crippen LogP contribution in [-0.2, 0) is 4.79 Å². The van der Waals surface area contributed by atoms with Gasteiger partial charge >= 0.3 is 5.97 Å². The standard InChI is InChI=1S/C17H18O4S/c1-3-20-14-8-7-12(11-15(14)21-4-2)10-13(17(18)19)16-6-5-9-22-16/h5-11H,3-4H2,1-2H3,(H,18,19)/b13-10-. The molecular weight excluding hydrogens is 300 g/mol. The van der Waals surface area contributed by atoms with Crippen molar-refractivity contribution in [2.75, 3.05) is 13.2 Å². The summed E-state index contributed by atoms with van der Waals surface area (Å²) in [5.74, 6) is 0.331. The van der Waals surface area contributed by atoms with Gasteiger partial charge in [-0.05, 0) is 49.1 Å². The van der Waals surface area contributed by atoms with Crippen molar-refractivity contribution in [3.05, 3.63) is 46.2 Å². The molecule has 0 saturated carbocycles. The maximum atomic E-state index is 11.5. The summed E-state index contributed by atoms with van der Waals surface area (Å²) >= 11 is 1.40. The fourth-order valence-corrected chi connectivity index (χ4v) is 2.73. The Labute approximate surface area is 133 Å². The lowest BCUT2D eigenvalue weighted by Crippen LogP contribution is -2.00. The molecule has 4 nitrogen and oxygen atoms in total. The largest absolute Gasteiger partial charge is 0.490 e. The molecule has 0 spiro atoms. The lowest BCUT2D eigenvalue weighted by Gasteiger charge is -2.11. The summed E-state index contributed by atoms with van der Waals surface area (Å²) < 4.78 is 11.1.